The molecule has 4 rings (SSSR count). The number of hydrogen-bond acceptors (Lipinski definition) is 5. The lowest BCUT2D eigenvalue weighted by atomic mass is 10.1. The second-order valence-electron chi connectivity index (χ2n) is 6.67. The molecule has 0 aliphatic carbocycles. The Balaban J connectivity index is 1.56. The number of nitrogens with zero attached hydrogens (tertiary/aromatic N) is 3. The van der Waals surface area contributed by atoms with Gasteiger partial charge in [0.1, 0.15) is 17.9 Å². The summed E-state index contributed by atoms with van der Waals surface area (Å²) in [5.74, 6) is -0.678. The first-order valence-electron chi connectivity index (χ1n) is 9.16. The molecule has 0 aliphatic rings. The first-order valence-corrected chi connectivity index (χ1v) is 9.16. The summed E-state index contributed by atoms with van der Waals surface area (Å²) in [6, 6.07) is 16.5. The SMILES string of the molecule is Cc1ccc(-c2noc(-c3cccn(CC(=O)Nc4ccccc4F)c3=O)n2)cc1. The number of rotatable bonds is 5. The van der Waals surface area contributed by atoms with E-state index in [9.17, 15) is 14.0 Å². The topological polar surface area (TPSA) is 90.0 Å². The lowest BCUT2D eigenvalue weighted by Gasteiger charge is -2.08. The van der Waals surface area contributed by atoms with Gasteiger partial charge in [-0.25, -0.2) is 4.39 Å². The summed E-state index contributed by atoms with van der Waals surface area (Å²) in [5.41, 5.74) is 1.60. The van der Waals surface area contributed by atoms with Crippen molar-refractivity contribution in [3.63, 3.8) is 0 Å². The van der Waals surface area contributed by atoms with E-state index in [1.807, 2.05) is 31.2 Å². The Bertz CT molecular complexity index is 1260. The first-order chi connectivity index (χ1) is 14.5. The summed E-state index contributed by atoms with van der Waals surface area (Å²) in [5, 5.41) is 6.38. The molecule has 7 nitrogen and oxygen atoms in total. The Morgan fingerprint density at radius 2 is 1.87 bits per heavy atom. The molecule has 2 heterocycles. The standard InChI is InChI=1S/C22H17FN4O3/c1-14-8-10-15(11-9-14)20-25-21(30-26-20)16-5-4-12-27(22(16)29)13-19(28)24-18-7-3-2-6-17(18)23/h2-12H,13H2,1H3,(H,24,28). The van der Waals surface area contributed by atoms with Gasteiger partial charge in [-0.2, -0.15) is 4.98 Å². The van der Waals surface area contributed by atoms with Gasteiger partial charge in [-0.1, -0.05) is 47.1 Å². The fraction of sp³-hybridized carbons (Fsp3) is 0.0909. The number of aromatic nitrogens is 3. The summed E-state index contributed by atoms with van der Waals surface area (Å²) in [7, 11) is 0. The monoisotopic (exact) mass is 404 g/mol. The van der Waals surface area contributed by atoms with Gasteiger partial charge in [0, 0.05) is 11.8 Å². The van der Waals surface area contributed by atoms with Crippen molar-refractivity contribution in [2.45, 2.75) is 13.5 Å². The number of carbonyl (C=O) groups excluding carboxylic acids is 1. The van der Waals surface area contributed by atoms with Gasteiger partial charge >= 0.3 is 0 Å². The fourth-order valence-corrected chi connectivity index (χ4v) is 2.88. The average Bonchev–Trinajstić information content (AvgIpc) is 3.22. The lowest BCUT2D eigenvalue weighted by molar-refractivity contribution is -0.116. The number of benzene rings is 2. The van der Waals surface area contributed by atoms with Crippen LogP contribution >= 0.6 is 0 Å². The number of hydrogen-bond donors (Lipinski definition) is 1. The molecule has 0 aliphatic heterocycles. The molecule has 0 saturated heterocycles. The Kier molecular flexibility index (Phi) is 5.21. The number of nitrogens with one attached hydrogen (secondary N) is 1. The normalized spacial score (nSPS) is 10.7. The number of halogens is 1. The molecule has 0 fully saturated rings. The quantitative estimate of drug-likeness (QED) is 0.548. The van der Waals surface area contributed by atoms with Gasteiger partial charge in [0.15, 0.2) is 0 Å². The van der Waals surface area contributed by atoms with Crippen LogP contribution in [0.15, 0.2) is 76.2 Å². The van der Waals surface area contributed by atoms with Crippen molar-refractivity contribution < 1.29 is 13.7 Å². The zero-order valence-corrected chi connectivity index (χ0v) is 16.0. The van der Waals surface area contributed by atoms with E-state index >= 15 is 0 Å². The third-order valence-corrected chi connectivity index (χ3v) is 4.45. The van der Waals surface area contributed by atoms with Crippen LogP contribution in [0.4, 0.5) is 10.1 Å². The summed E-state index contributed by atoms with van der Waals surface area (Å²) in [4.78, 5) is 29.4. The fourth-order valence-electron chi connectivity index (χ4n) is 2.88. The van der Waals surface area contributed by atoms with E-state index in [-0.39, 0.29) is 23.7 Å². The predicted molar refractivity (Wildman–Crippen MR) is 109 cm³/mol. The van der Waals surface area contributed by atoms with E-state index < -0.39 is 17.3 Å². The van der Waals surface area contributed by atoms with Crippen LogP contribution in [0, 0.1) is 12.7 Å². The number of aryl methyl sites for hydroxylation is 1. The molecule has 1 N–H and O–H groups in total. The predicted octanol–water partition coefficient (Wildman–Crippen LogP) is 3.65. The highest BCUT2D eigenvalue weighted by atomic mass is 19.1. The van der Waals surface area contributed by atoms with Crippen LogP contribution < -0.4 is 10.9 Å². The van der Waals surface area contributed by atoms with Gasteiger partial charge in [0.2, 0.25) is 11.7 Å². The van der Waals surface area contributed by atoms with Gasteiger partial charge in [-0.05, 0) is 31.2 Å². The van der Waals surface area contributed by atoms with Gasteiger partial charge in [-0.15, -0.1) is 0 Å². The molecule has 0 atom stereocenters. The van der Waals surface area contributed by atoms with E-state index in [1.54, 1.807) is 18.2 Å². The minimum atomic E-state index is -0.554. The molecule has 1 amide bonds. The average molecular weight is 404 g/mol. The van der Waals surface area contributed by atoms with E-state index in [0.29, 0.717) is 5.82 Å². The molecular formula is C22H17FN4O3. The zero-order valence-electron chi connectivity index (χ0n) is 16.0. The maximum atomic E-state index is 13.7. The minimum Gasteiger partial charge on any atom is -0.333 e. The van der Waals surface area contributed by atoms with Crippen molar-refractivity contribution in [2.24, 2.45) is 0 Å². The number of pyridine rings is 1. The summed E-state index contributed by atoms with van der Waals surface area (Å²) >= 11 is 0. The third-order valence-electron chi connectivity index (χ3n) is 4.45. The summed E-state index contributed by atoms with van der Waals surface area (Å²) in [6.45, 7) is 1.68. The molecule has 4 aromatic rings. The number of amides is 1. The molecule has 2 aromatic heterocycles. The number of carbonyl (C=O) groups is 1. The third kappa shape index (κ3) is 4.02. The van der Waals surface area contributed by atoms with Crippen molar-refractivity contribution in [2.75, 3.05) is 5.32 Å². The van der Waals surface area contributed by atoms with Crippen LogP contribution in [0.5, 0.6) is 0 Å². The molecule has 0 spiro atoms. The second kappa shape index (κ2) is 8.12. The van der Waals surface area contributed by atoms with E-state index in [1.165, 1.54) is 29.0 Å². The van der Waals surface area contributed by atoms with Crippen molar-refractivity contribution in [1.82, 2.24) is 14.7 Å². The Hall–Kier alpha value is -4.07. The zero-order chi connectivity index (χ0) is 21.1. The minimum absolute atomic E-state index is 0.0475. The molecule has 2 aromatic carbocycles. The van der Waals surface area contributed by atoms with Gasteiger partial charge in [0.25, 0.3) is 11.4 Å². The molecule has 0 saturated carbocycles. The van der Waals surface area contributed by atoms with E-state index in [0.717, 1.165) is 11.1 Å². The van der Waals surface area contributed by atoms with Crippen LogP contribution in [0.1, 0.15) is 5.56 Å². The molecule has 8 heteroatoms. The van der Waals surface area contributed by atoms with E-state index in [2.05, 4.69) is 15.5 Å². The van der Waals surface area contributed by atoms with Crippen LogP contribution in [0.2, 0.25) is 0 Å². The van der Waals surface area contributed by atoms with Crippen molar-refractivity contribution >= 4 is 11.6 Å². The smallest absolute Gasteiger partial charge is 0.263 e. The lowest BCUT2D eigenvalue weighted by Crippen LogP contribution is -2.28. The van der Waals surface area contributed by atoms with Crippen LogP contribution in [-0.4, -0.2) is 20.6 Å². The van der Waals surface area contributed by atoms with Crippen LogP contribution in [-0.2, 0) is 11.3 Å². The number of anilines is 1. The Morgan fingerprint density at radius 3 is 2.63 bits per heavy atom. The summed E-state index contributed by atoms with van der Waals surface area (Å²) in [6.07, 6.45) is 1.46. The molecule has 0 bridgehead atoms. The second-order valence-corrected chi connectivity index (χ2v) is 6.67. The first kappa shape index (κ1) is 19.3. The highest BCUT2D eigenvalue weighted by molar-refractivity contribution is 5.90. The molecule has 0 unspecified atom stereocenters. The van der Waals surface area contributed by atoms with Gasteiger partial charge in [-0.3, -0.25) is 9.59 Å². The van der Waals surface area contributed by atoms with Crippen molar-refractivity contribution in [3.05, 3.63) is 88.6 Å². The Morgan fingerprint density at radius 1 is 1.10 bits per heavy atom. The Labute approximate surface area is 170 Å². The van der Waals surface area contributed by atoms with Gasteiger partial charge in [0.05, 0.1) is 5.69 Å². The van der Waals surface area contributed by atoms with Crippen molar-refractivity contribution in [3.8, 4) is 22.8 Å². The van der Waals surface area contributed by atoms with Crippen LogP contribution in [0.3, 0.4) is 0 Å². The maximum Gasteiger partial charge on any atom is 0.263 e. The maximum absolute atomic E-state index is 13.7. The largest absolute Gasteiger partial charge is 0.333 e. The molecule has 30 heavy (non-hydrogen) atoms. The highest BCUT2D eigenvalue weighted by Gasteiger charge is 2.16. The number of para-hydroxylation sites is 1. The van der Waals surface area contributed by atoms with E-state index in [4.69, 9.17) is 4.52 Å². The summed E-state index contributed by atoms with van der Waals surface area (Å²) < 4.78 is 20.2. The van der Waals surface area contributed by atoms with Crippen molar-refractivity contribution in [1.29, 1.82) is 0 Å². The van der Waals surface area contributed by atoms with Gasteiger partial charge < -0.3 is 14.4 Å². The molecular weight excluding hydrogens is 387 g/mol. The highest BCUT2D eigenvalue weighted by Crippen LogP contribution is 2.20. The van der Waals surface area contributed by atoms with Crippen LogP contribution in [0.25, 0.3) is 22.8 Å². The molecule has 150 valence electrons. The molecule has 0 radical (unpaired) electrons.